The highest BCUT2D eigenvalue weighted by atomic mass is 35.5. The van der Waals surface area contributed by atoms with Gasteiger partial charge in [-0.15, -0.1) is 0 Å². The van der Waals surface area contributed by atoms with Crippen LogP contribution in [0.25, 0.3) is 0 Å². The number of ether oxygens (including phenoxy) is 1. The number of rotatable bonds is 8. The van der Waals surface area contributed by atoms with Crippen LogP contribution >= 0.6 is 23.2 Å². The van der Waals surface area contributed by atoms with E-state index in [2.05, 4.69) is 0 Å². The second-order valence-electron chi connectivity index (χ2n) is 9.28. The van der Waals surface area contributed by atoms with Crippen LogP contribution in [0.4, 0.5) is 5.69 Å². The molecule has 8 heteroatoms. The quantitative estimate of drug-likeness (QED) is 0.313. The van der Waals surface area contributed by atoms with Crippen LogP contribution in [0.1, 0.15) is 41.3 Å². The van der Waals surface area contributed by atoms with Crippen LogP contribution in [0.2, 0.25) is 10.0 Å². The average Bonchev–Trinajstić information content (AvgIpc) is 2.92. The fourth-order valence-corrected chi connectivity index (χ4v) is 5.12. The van der Waals surface area contributed by atoms with Gasteiger partial charge in [-0.2, -0.15) is 0 Å². The highest BCUT2D eigenvalue weighted by molar-refractivity contribution is 6.37. The summed E-state index contributed by atoms with van der Waals surface area (Å²) in [7, 11) is 0. The summed E-state index contributed by atoms with van der Waals surface area (Å²) in [5.74, 6) is -0.866. The second kappa shape index (κ2) is 12.9. The SMILES string of the molecule is CCOC(=O)C1CCCN(C(=O)Cc2cccc(N(Cc3ccccc3)C(=O)c3ccc(Cl)cc3Cl)c2)C1. The number of carbonyl (C=O) groups is 3. The first-order chi connectivity index (χ1) is 18.4. The van der Waals surface area contributed by atoms with E-state index in [-0.39, 0.29) is 35.1 Å². The Morgan fingerprint density at radius 1 is 0.974 bits per heavy atom. The zero-order chi connectivity index (χ0) is 27.1. The number of esters is 1. The lowest BCUT2D eigenvalue weighted by molar-refractivity contribution is -0.151. The van der Waals surface area contributed by atoms with Crippen LogP contribution < -0.4 is 4.90 Å². The molecule has 0 aromatic heterocycles. The van der Waals surface area contributed by atoms with Crippen molar-refractivity contribution in [3.05, 3.63) is 99.5 Å². The summed E-state index contributed by atoms with van der Waals surface area (Å²) < 4.78 is 5.16. The fourth-order valence-electron chi connectivity index (χ4n) is 4.63. The molecule has 1 aliphatic heterocycles. The zero-order valence-corrected chi connectivity index (χ0v) is 22.8. The molecule has 3 aromatic carbocycles. The number of benzene rings is 3. The van der Waals surface area contributed by atoms with Crippen molar-refractivity contribution < 1.29 is 19.1 Å². The third-order valence-electron chi connectivity index (χ3n) is 6.56. The summed E-state index contributed by atoms with van der Waals surface area (Å²) in [5, 5.41) is 0.720. The van der Waals surface area contributed by atoms with Crippen LogP contribution in [0.5, 0.6) is 0 Å². The number of piperidine rings is 1. The van der Waals surface area contributed by atoms with Crippen molar-refractivity contribution in [2.75, 3.05) is 24.6 Å². The number of hydrogen-bond acceptors (Lipinski definition) is 4. The van der Waals surface area contributed by atoms with Crippen LogP contribution in [-0.4, -0.2) is 42.4 Å². The molecule has 0 bridgehead atoms. The van der Waals surface area contributed by atoms with E-state index in [1.807, 2.05) is 54.6 Å². The molecule has 1 unspecified atom stereocenters. The van der Waals surface area contributed by atoms with E-state index in [0.29, 0.717) is 42.5 Å². The summed E-state index contributed by atoms with van der Waals surface area (Å²) in [5.41, 5.74) is 2.72. The number of hydrogen-bond donors (Lipinski definition) is 0. The first kappa shape index (κ1) is 27.7. The number of carbonyl (C=O) groups excluding carboxylic acids is 3. The Kier molecular flexibility index (Phi) is 9.43. The predicted molar refractivity (Wildman–Crippen MR) is 150 cm³/mol. The Morgan fingerprint density at radius 2 is 1.74 bits per heavy atom. The molecule has 0 saturated carbocycles. The zero-order valence-electron chi connectivity index (χ0n) is 21.2. The molecule has 0 radical (unpaired) electrons. The monoisotopic (exact) mass is 552 g/mol. The average molecular weight is 553 g/mol. The number of halogens is 2. The molecule has 1 aliphatic rings. The van der Waals surface area contributed by atoms with Crippen LogP contribution in [0.3, 0.4) is 0 Å². The minimum Gasteiger partial charge on any atom is -0.466 e. The van der Waals surface area contributed by atoms with Gasteiger partial charge in [0.1, 0.15) is 0 Å². The molecule has 38 heavy (non-hydrogen) atoms. The van der Waals surface area contributed by atoms with Gasteiger partial charge in [0.15, 0.2) is 0 Å². The van der Waals surface area contributed by atoms with Crippen LogP contribution in [0, 0.1) is 5.92 Å². The molecule has 4 rings (SSSR count). The van der Waals surface area contributed by atoms with Crippen molar-refractivity contribution in [3.8, 4) is 0 Å². The van der Waals surface area contributed by atoms with Crippen molar-refractivity contribution in [3.63, 3.8) is 0 Å². The Hall–Kier alpha value is -3.35. The van der Waals surface area contributed by atoms with Gasteiger partial charge in [-0.05, 0) is 61.2 Å². The molecular formula is C30H30Cl2N2O4. The number of likely N-dealkylation sites (tertiary alicyclic amines) is 1. The van der Waals surface area contributed by atoms with Crippen molar-refractivity contribution in [1.82, 2.24) is 4.90 Å². The molecule has 3 aromatic rings. The molecular weight excluding hydrogens is 523 g/mol. The highest BCUT2D eigenvalue weighted by Gasteiger charge is 2.29. The van der Waals surface area contributed by atoms with Gasteiger partial charge in [0.05, 0.1) is 36.1 Å². The maximum Gasteiger partial charge on any atom is 0.310 e. The van der Waals surface area contributed by atoms with E-state index in [9.17, 15) is 14.4 Å². The fraction of sp³-hybridized carbons (Fsp3) is 0.300. The maximum atomic E-state index is 13.7. The van der Waals surface area contributed by atoms with E-state index in [1.165, 1.54) is 0 Å². The summed E-state index contributed by atoms with van der Waals surface area (Å²) >= 11 is 12.4. The molecule has 0 aliphatic carbocycles. The largest absolute Gasteiger partial charge is 0.466 e. The molecule has 1 heterocycles. The van der Waals surface area contributed by atoms with Gasteiger partial charge in [-0.25, -0.2) is 0 Å². The van der Waals surface area contributed by atoms with Crippen molar-refractivity contribution >= 4 is 46.7 Å². The molecule has 0 spiro atoms. The minimum absolute atomic E-state index is 0.0576. The Labute approximate surface area is 233 Å². The maximum absolute atomic E-state index is 13.7. The van der Waals surface area contributed by atoms with Crippen molar-refractivity contribution in [1.29, 1.82) is 0 Å². The minimum atomic E-state index is -0.290. The summed E-state index contributed by atoms with van der Waals surface area (Å²) in [6, 6.07) is 21.9. The van der Waals surface area contributed by atoms with E-state index >= 15 is 0 Å². The van der Waals surface area contributed by atoms with Crippen molar-refractivity contribution in [2.24, 2.45) is 5.92 Å². The summed E-state index contributed by atoms with van der Waals surface area (Å²) in [6.07, 6.45) is 1.65. The molecule has 198 valence electrons. The Balaban J connectivity index is 1.56. The Bertz CT molecular complexity index is 1300. The van der Waals surface area contributed by atoms with Crippen LogP contribution in [0.15, 0.2) is 72.8 Å². The topological polar surface area (TPSA) is 66.9 Å². The molecule has 0 N–H and O–H groups in total. The first-order valence-electron chi connectivity index (χ1n) is 12.7. The number of nitrogens with zero attached hydrogens (tertiary/aromatic N) is 2. The van der Waals surface area contributed by atoms with Gasteiger partial charge in [0.25, 0.3) is 5.91 Å². The number of amides is 2. The molecule has 1 atom stereocenters. The predicted octanol–water partition coefficient (Wildman–Crippen LogP) is 6.18. The lowest BCUT2D eigenvalue weighted by Crippen LogP contribution is -2.43. The van der Waals surface area contributed by atoms with E-state index in [0.717, 1.165) is 24.0 Å². The third kappa shape index (κ3) is 6.94. The van der Waals surface area contributed by atoms with Gasteiger partial charge in [-0.3, -0.25) is 14.4 Å². The molecule has 1 saturated heterocycles. The van der Waals surface area contributed by atoms with Crippen LogP contribution in [-0.2, 0) is 27.3 Å². The highest BCUT2D eigenvalue weighted by Crippen LogP contribution is 2.27. The van der Waals surface area contributed by atoms with Gasteiger partial charge < -0.3 is 14.5 Å². The third-order valence-corrected chi connectivity index (χ3v) is 7.11. The van der Waals surface area contributed by atoms with E-state index in [1.54, 1.807) is 34.9 Å². The lowest BCUT2D eigenvalue weighted by atomic mass is 9.97. The summed E-state index contributed by atoms with van der Waals surface area (Å²) in [6.45, 7) is 3.41. The van der Waals surface area contributed by atoms with Gasteiger partial charge in [0, 0.05) is 23.8 Å². The van der Waals surface area contributed by atoms with Gasteiger partial charge in [0.2, 0.25) is 5.91 Å². The molecule has 1 fully saturated rings. The molecule has 6 nitrogen and oxygen atoms in total. The standard InChI is InChI=1S/C30H30Cl2N2O4/c1-2-38-30(37)23-11-7-15-33(20-23)28(35)17-22-10-6-12-25(16-22)34(19-21-8-4-3-5-9-21)29(36)26-14-13-24(31)18-27(26)32/h3-6,8-10,12-14,16,18,23H,2,7,11,15,17,19-20H2,1H3. The summed E-state index contributed by atoms with van der Waals surface area (Å²) in [4.78, 5) is 42.4. The smallest absolute Gasteiger partial charge is 0.310 e. The first-order valence-corrected chi connectivity index (χ1v) is 13.5. The normalized spacial score (nSPS) is 15.1. The lowest BCUT2D eigenvalue weighted by Gasteiger charge is -2.31. The van der Waals surface area contributed by atoms with E-state index < -0.39 is 0 Å². The van der Waals surface area contributed by atoms with Gasteiger partial charge >= 0.3 is 5.97 Å². The molecule has 2 amide bonds. The van der Waals surface area contributed by atoms with E-state index in [4.69, 9.17) is 27.9 Å². The van der Waals surface area contributed by atoms with Crippen molar-refractivity contribution in [2.45, 2.75) is 32.7 Å². The Morgan fingerprint density at radius 3 is 2.47 bits per heavy atom. The number of anilines is 1. The second-order valence-corrected chi connectivity index (χ2v) is 10.1. The van der Waals surface area contributed by atoms with Gasteiger partial charge in [-0.1, -0.05) is 65.7 Å².